The Morgan fingerprint density at radius 2 is 2.06 bits per heavy atom. The molecule has 96 valence electrons. The predicted molar refractivity (Wildman–Crippen MR) is 72.1 cm³/mol. The Labute approximate surface area is 108 Å². The lowest BCUT2D eigenvalue weighted by Crippen LogP contribution is -2.07. The van der Waals surface area contributed by atoms with Gasteiger partial charge >= 0.3 is 0 Å². The molecule has 2 N–H and O–H groups in total. The molecule has 2 atom stereocenters. The first kappa shape index (κ1) is 11.6. The van der Waals surface area contributed by atoms with Crippen LogP contribution in [0.4, 0.5) is 0 Å². The molecule has 0 saturated carbocycles. The van der Waals surface area contributed by atoms with Crippen molar-refractivity contribution >= 4 is 6.08 Å². The third kappa shape index (κ3) is 1.79. The number of benzene rings is 1. The minimum Gasteiger partial charge on any atom is -0.490 e. The molecule has 0 saturated heterocycles. The Balaban J connectivity index is 2.12. The molecule has 2 heterocycles. The fourth-order valence-corrected chi connectivity index (χ4v) is 2.82. The van der Waals surface area contributed by atoms with Crippen molar-refractivity contribution in [2.24, 2.45) is 5.73 Å². The number of fused-ring (bicyclic) bond motifs is 2. The zero-order valence-electron chi connectivity index (χ0n) is 10.9. The predicted octanol–water partition coefficient (Wildman–Crippen LogP) is 2.31. The molecule has 0 fully saturated rings. The van der Waals surface area contributed by atoms with Gasteiger partial charge < -0.3 is 15.2 Å². The van der Waals surface area contributed by atoms with Gasteiger partial charge in [0.15, 0.2) is 0 Å². The fourth-order valence-electron chi connectivity index (χ4n) is 2.82. The van der Waals surface area contributed by atoms with Crippen molar-refractivity contribution in [1.82, 2.24) is 0 Å². The van der Waals surface area contributed by atoms with Crippen molar-refractivity contribution in [3.05, 3.63) is 28.8 Å². The molecular weight excluding hydrogens is 226 g/mol. The molecule has 3 rings (SSSR count). The van der Waals surface area contributed by atoms with Gasteiger partial charge in [0.1, 0.15) is 23.7 Å². The van der Waals surface area contributed by atoms with Crippen LogP contribution in [-0.2, 0) is 12.8 Å². The molecule has 0 bridgehead atoms. The van der Waals surface area contributed by atoms with Crippen LogP contribution in [0.5, 0.6) is 11.5 Å². The molecule has 18 heavy (non-hydrogen) atoms. The summed E-state index contributed by atoms with van der Waals surface area (Å²) in [5.74, 6) is 2.05. The first-order valence-electron chi connectivity index (χ1n) is 6.57. The molecule has 3 heteroatoms. The van der Waals surface area contributed by atoms with E-state index in [1.165, 1.54) is 16.7 Å². The molecule has 2 aliphatic rings. The molecule has 1 aromatic carbocycles. The van der Waals surface area contributed by atoms with Crippen LogP contribution in [-0.4, -0.2) is 18.8 Å². The van der Waals surface area contributed by atoms with E-state index in [4.69, 9.17) is 15.2 Å². The monoisotopic (exact) mass is 245 g/mol. The normalized spacial score (nSPS) is 24.8. The van der Waals surface area contributed by atoms with Crippen LogP contribution < -0.4 is 15.2 Å². The molecule has 0 aromatic heterocycles. The molecule has 2 unspecified atom stereocenters. The van der Waals surface area contributed by atoms with E-state index in [2.05, 4.69) is 26.0 Å². The number of rotatable bonds is 2. The van der Waals surface area contributed by atoms with Crippen molar-refractivity contribution in [3.8, 4) is 11.5 Å². The van der Waals surface area contributed by atoms with Gasteiger partial charge in [0.05, 0.1) is 0 Å². The zero-order valence-corrected chi connectivity index (χ0v) is 10.9. The highest BCUT2D eigenvalue weighted by molar-refractivity contribution is 5.69. The van der Waals surface area contributed by atoms with Crippen molar-refractivity contribution in [2.75, 3.05) is 6.54 Å². The molecular formula is C15H19NO2. The van der Waals surface area contributed by atoms with Gasteiger partial charge in [-0.3, -0.25) is 0 Å². The van der Waals surface area contributed by atoms with Gasteiger partial charge in [-0.2, -0.15) is 0 Å². The fraction of sp³-hybridized carbons (Fsp3) is 0.467. The summed E-state index contributed by atoms with van der Waals surface area (Å²) >= 11 is 0. The van der Waals surface area contributed by atoms with Crippen molar-refractivity contribution in [2.45, 2.75) is 38.9 Å². The van der Waals surface area contributed by atoms with Crippen molar-refractivity contribution in [3.63, 3.8) is 0 Å². The molecule has 3 nitrogen and oxygen atoms in total. The van der Waals surface area contributed by atoms with Crippen LogP contribution >= 0.6 is 0 Å². The lowest BCUT2D eigenvalue weighted by molar-refractivity contribution is 0.253. The maximum Gasteiger partial charge on any atom is 0.130 e. The first-order chi connectivity index (χ1) is 8.69. The first-order valence-corrected chi connectivity index (χ1v) is 6.57. The van der Waals surface area contributed by atoms with Crippen LogP contribution in [0, 0.1) is 0 Å². The minimum absolute atomic E-state index is 0.255. The van der Waals surface area contributed by atoms with Gasteiger partial charge in [0.25, 0.3) is 0 Å². The van der Waals surface area contributed by atoms with Crippen molar-refractivity contribution < 1.29 is 9.47 Å². The van der Waals surface area contributed by atoms with Gasteiger partial charge in [-0.25, -0.2) is 0 Å². The van der Waals surface area contributed by atoms with E-state index in [0.717, 1.165) is 24.3 Å². The highest BCUT2D eigenvalue weighted by atomic mass is 16.5. The second-order valence-corrected chi connectivity index (χ2v) is 5.16. The standard InChI is InChI=1S/C15H19NO2/c1-9-6-11-8-14-13(7-10(2)17-14)12(4-3-5-16)15(11)18-9/h3-4,8-10H,5-7,16H2,1-2H3/b4-3+. The van der Waals surface area contributed by atoms with E-state index in [0.29, 0.717) is 6.54 Å². The maximum absolute atomic E-state index is 5.95. The molecule has 1 aromatic rings. The highest BCUT2D eigenvalue weighted by Gasteiger charge is 2.30. The second-order valence-electron chi connectivity index (χ2n) is 5.16. The van der Waals surface area contributed by atoms with E-state index in [1.807, 2.05) is 6.08 Å². The Hall–Kier alpha value is -1.48. The summed E-state index contributed by atoms with van der Waals surface area (Å²) in [7, 11) is 0. The summed E-state index contributed by atoms with van der Waals surface area (Å²) < 4.78 is 11.8. The number of hydrogen-bond donors (Lipinski definition) is 1. The second kappa shape index (κ2) is 4.32. The third-order valence-corrected chi connectivity index (χ3v) is 3.53. The summed E-state index contributed by atoms with van der Waals surface area (Å²) in [5.41, 5.74) is 9.25. The van der Waals surface area contributed by atoms with Crippen molar-refractivity contribution in [1.29, 1.82) is 0 Å². The maximum atomic E-state index is 5.95. The minimum atomic E-state index is 0.255. The average molecular weight is 245 g/mol. The van der Waals surface area contributed by atoms with Gasteiger partial charge in [-0.1, -0.05) is 12.2 Å². The van der Waals surface area contributed by atoms with E-state index < -0.39 is 0 Å². The summed E-state index contributed by atoms with van der Waals surface area (Å²) in [4.78, 5) is 0. The summed E-state index contributed by atoms with van der Waals surface area (Å²) in [6.07, 6.45) is 6.48. The highest BCUT2D eigenvalue weighted by Crippen LogP contribution is 2.43. The summed E-state index contributed by atoms with van der Waals surface area (Å²) in [5, 5.41) is 0. The molecule has 0 aliphatic carbocycles. The summed E-state index contributed by atoms with van der Waals surface area (Å²) in [6.45, 7) is 4.75. The molecule has 0 spiro atoms. The Morgan fingerprint density at radius 1 is 1.28 bits per heavy atom. The number of ether oxygens (including phenoxy) is 2. The van der Waals surface area contributed by atoms with Crippen LogP contribution in [0.25, 0.3) is 6.08 Å². The summed E-state index contributed by atoms with van der Waals surface area (Å²) in [6, 6.07) is 2.15. The van der Waals surface area contributed by atoms with Crippen LogP contribution in [0.3, 0.4) is 0 Å². The van der Waals surface area contributed by atoms with Gasteiger partial charge in [-0.05, 0) is 19.9 Å². The van der Waals surface area contributed by atoms with Gasteiger partial charge in [-0.15, -0.1) is 0 Å². The van der Waals surface area contributed by atoms with Gasteiger partial charge in [0.2, 0.25) is 0 Å². The SMILES string of the molecule is CC1Cc2c(cc3c(c2/C=C/CN)OC(C)C3)O1. The van der Waals surface area contributed by atoms with E-state index in [-0.39, 0.29) is 12.2 Å². The topological polar surface area (TPSA) is 44.5 Å². The lowest BCUT2D eigenvalue weighted by atomic mass is 9.97. The largest absolute Gasteiger partial charge is 0.490 e. The Bertz CT molecular complexity index is 471. The molecule has 2 aliphatic heterocycles. The van der Waals surface area contributed by atoms with Crippen LogP contribution in [0.2, 0.25) is 0 Å². The number of nitrogens with two attached hydrogens (primary N) is 1. The molecule has 0 radical (unpaired) electrons. The Morgan fingerprint density at radius 3 is 2.83 bits per heavy atom. The van der Waals surface area contributed by atoms with E-state index in [9.17, 15) is 0 Å². The van der Waals surface area contributed by atoms with Crippen LogP contribution in [0.15, 0.2) is 12.1 Å². The van der Waals surface area contributed by atoms with E-state index >= 15 is 0 Å². The quantitative estimate of drug-likeness (QED) is 0.869. The number of hydrogen-bond acceptors (Lipinski definition) is 3. The van der Waals surface area contributed by atoms with E-state index in [1.54, 1.807) is 0 Å². The average Bonchev–Trinajstić information content (AvgIpc) is 2.85. The molecule has 0 amide bonds. The Kier molecular flexibility index (Phi) is 2.78. The smallest absolute Gasteiger partial charge is 0.130 e. The zero-order chi connectivity index (χ0) is 12.7. The third-order valence-electron chi connectivity index (χ3n) is 3.53. The van der Waals surface area contributed by atoms with Crippen LogP contribution in [0.1, 0.15) is 30.5 Å². The van der Waals surface area contributed by atoms with Gasteiger partial charge in [0, 0.05) is 36.1 Å². The lowest BCUT2D eigenvalue weighted by Gasteiger charge is -2.10.